The number of methoxy groups -OCH3 is 1. The van der Waals surface area contributed by atoms with Crippen molar-refractivity contribution in [2.75, 3.05) is 33.5 Å². The molecule has 3 rings (SSSR count). The maximum absolute atomic E-state index is 5.76. The number of nitrogens with zero attached hydrogens (tertiary/aromatic N) is 4. The van der Waals surface area contributed by atoms with Gasteiger partial charge in [-0.1, -0.05) is 30.9 Å². The lowest BCUT2D eigenvalue weighted by atomic mass is 9.96. The highest BCUT2D eigenvalue weighted by molar-refractivity contribution is 5.63. The van der Waals surface area contributed by atoms with Crippen molar-refractivity contribution < 1.29 is 18.9 Å². The third-order valence-corrected chi connectivity index (χ3v) is 4.04. The molecule has 0 radical (unpaired) electrons. The van der Waals surface area contributed by atoms with Gasteiger partial charge in [-0.05, 0) is 13.0 Å². The number of rotatable bonds is 6. The molecule has 2 aromatic heterocycles. The molecule has 2 aromatic rings. The predicted octanol–water partition coefficient (Wildman–Crippen LogP) is 2.14. The smallest absolute Gasteiger partial charge is 0.177 e. The first-order valence-electron chi connectivity index (χ1n) is 9.25. The van der Waals surface area contributed by atoms with Crippen molar-refractivity contribution in [2.45, 2.75) is 33.6 Å². The van der Waals surface area contributed by atoms with Crippen LogP contribution in [-0.4, -0.2) is 59.8 Å². The van der Waals surface area contributed by atoms with Crippen LogP contribution in [0.3, 0.4) is 0 Å². The van der Waals surface area contributed by atoms with Crippen LogP contribution in [0.4, 0.5) is 0 Å². The van der Waals surface area contributed by atoms with Gasteiger partial charge in [0.1, 0.15) is 23.7 Å². The van der Waals surface area contributed by atoms with Gasteiger partial charge in [0, 0.05) is 24.3 Å². The van der Waals surface area contributed by atoms with Crippen molar-refractivity contribution >= 4 is 0 Å². The summed E-state index contributed by atoms with van der Waals surface area (Å²) in [6.45, 7) is 8.79. The van der Waals surface area contributed by atoms with Gasteiger partial charge in [-0.25, -0.2) is 9.67 Å². The molecule has 0 bridgehead atoms. The first kappa shape index (κ1) is 20.3. The number of ether oxygens (including phenoxy) is 4. The topological polar surface area (TPSA) is 80.5 Å². The van der Waals surface area contributed by atoms with Crippen LogP contribution < -0.4 is 4.74 Å². The molecule has 1 saturated heterocycles. The zero-order valence-corrected chi connectivity index (χ0v) is 16.8. The summed E-state index contributed by atoms with van der Waals surface area (Å²) in [4.78, 5) is 4.48. The van der Waals surface area contributed by atoms with Crippen molar-refractivity contribution in [3.63, 3.8) is 0 Å². The maximum atomic E-state index is 5.76. The average Bonchev–Trinajstić information content (AvgIpc) is 3.12. The molecule has 1 fully saturated rings. The summed E-state index contributed by atoms with van der Waals surface area (Å²) in [6, 6.07) is 1.85. The first-order chi connectivity index (χ1) is 13.5. The van der Waals surface area contributed by atoms with Gasteiger partial charge in [0.2, 0.25) is 0 Å². The molecule has 1 aliphatic heterocycles. The van der Waals surface area contributed by atoms with E-state index in [1.165, 1.54) is 0 Å². The van der Waals surface area contributed by atoms with Gasteiger partial charge in [0.15, 0.2) is 6.29 Å². The highest BCUT2D eigenvalue weighted by atomic mass is 16.7. The van der Waals surface area contributed by atoms with Crippen LogP contribution in [0.25, 0.3) is 11.4 Å². The molecular weight excluding hydrogens is 360 g/mol. The van der Waals surface area contributed by atoms with Crippen LogP contribution >= 0.6 is 0 Å². The van der Waals surface area contributed by atoms with Gasteiger partial charge in [0.25, 0.3) is 0 Å². The zero-order valence-electron chi connectivity index (χ0n) is 16.8. The Morgan fingerprint density at radius 2 is 2.11 bits per heavy atom. The molecule has 8 nitrogen and oxygen atoms in total. The van der Waals surface area contributed by atoms with Crippen molar-refractivity contribution in [1.29, 1.82) is 0 Å². The number of aromatic nitrogens is 4. The van der Waals surface area contributed by atoms with Crippen LogP contribution in [0.5, 0.6) is 5.75 Å². The monoisotopic (exact) mass is 386 g/mol. The predicted molar refractivity (Wildman–Crippen MR) is 103 cm³/mol. The minimum absolute atomic E-state index is 0.0359. The van der Waals surface area contributed by atoms with E-state index in [0.717, 1.165) is 5.56 Å². The molecule has 150 valence electrons. The highest BCUT2D eigenvalue weighted by Gasteiger charge is 2.28. The zero-order chi connectivity index (χ0) is 20.0. The van der Waals surface area contributed by atoms with Crippen LogP contribution in [0, 0.1) is 17.3 Å². The van der Waals surface area contributed by atoms with E-state index in [1.807, 2.05) is 19.2 Å². The van der Waals surface area contributed by atoms with Crippen molar-refractivity contribution in [3.05, 3.63) is 24.0 Å². The summed E-state index contributed by atoms with van der Waals surface area (Å²) in [5.41, 5.74) is 2.03. The molecule has 28 heavy (non-hydrogen) atoms. The fraction of sp³-hybridized carbons (Fsp3) is 0.550. The Kier molecular flexibility index (Phi) is 6.62. The van der Waals surface area contributed by atoms with Gasteiger partial charge >= 0.3 is 0 Å². The second-order valence-electron chi connectivity index (χ2n) is 7.28. The van der Waals surface area contributed by atoms with E-state index in [9.17, 15) is 0 Å². The quantitative estimate of drug-likeness (QED) is 0.704. The SMILES string of the molecule is CCOc1cc(C#CCOC)cnc1-c1cn(CC2OCC(C)(C)CO2)nn1. The second kappa shape index (κ2) is 9.15. The van der Waals surface area contributed by atoms with Crippen molar-refractivity contribution in [2.24, 2.45) is 5.41 Å². The summed E-state index contributed by atoms with van der Waals surface area (Å²) < 4.78 is 23.9. The number of hydrogen-bond donors (Lipinski definition) is 0. The lowest BCUT2D eigenvalue weighted by Gasteiger charge is -2.34. The Balaban J connectivity index is 1.74. The maximum Gasteiger partial charge on any atom is 0.177 e. The third kappa shape index (κ3) is 5.29. The summed E-state index contributed by atoms with van der Waals surface area (Å²) in [5, 5.41) is 8.41. The van der Waals surface area contributed by atoms with E-state index in [2.05, 4.69) is 41.0 Å². The standard InChI is InChI=1S/C20H26N4O4/c1-5-26-17-9-15(7-6-8-25-4)10-21-19(17)16-11-24(23-22-16)12-18-27-13-20(2,3)14-28-18/h9-11,18H,5,8,12-14H2,1-4H3. The van der Waals surface area contributed by atoms with Crippen LogP contribution in [0.1, 0.15) is 26.3 Å². The van der Waals surface area contributed by atoms with Crippen LogP contribution in [-0.2, 0) is 20.8 Å². The summed E-state index contributed by atoms with van der Waals surface area (Å²) in [7, 11) is 1.61. The van der Waals surface area contributed by atoms with E-state index in [0.29, 0.717) is 50.1 Å². The fourth-order valence-electron chi connectivity index (χ4n) is 2.66. The molecule has 3 heterocycles. The largest absolute Gasteiger partial charge is 0.491 e. The number of pyridine rings is 1. The fourth-order valence-corrected chi connectivity index (χ4v) is 2.66. The lowest BCUT2D eigenvalue weighted by Crippen LogP contribution is -2.39. The molecule has 0 amide bonds. The van der Waals surface area contributed by atoms with E-state index >= 15 is 0 Å². The third-order valence-electron chi connectivity index (χ3n) is 4.04. The first-order valence-corrected chi connectivity index (χ1v) is 9.25. The molecule has 0 spiro atoms. The summed E-state index contributed by atoms with van der Waals surface area (Å²) in [6.07, 6.45) is 3.17. The van der Waals surface area contributed by atoms with Gasteiger partial charge in [-0.2, -0.15) is 0 Å². The van der Waals surface area contributed by atoms with E-state index < -0.39 is 0 Å². The normalized spacial score (nSPS) is 16.4. The Morgan fingerprint density at radius 3 is 2.82 bits per heavy atom. The molecule has 0 N–H and O–H groups in total. The average molecular weight is 386 g/mol. The molecular formula is C20H26N4O4. The molecule has 0 atom stereocenters. The molecule has 0 saturated carbocycles. The molecule has 8 heteroatoms. The Hall–Kier alpha value is -2.47. The van der Waals surface area contributed by atoms with E-state index in [-0.39, 0.29) is 11.7 Å². The molecule has 1 aliphatic rings. The van der Waals surface area contributed by atoms with Crippen LogP contribution in [0.15, 0.2) is 18.5 Å². The highest BCUT2D eigenvalue weighted by Crippen LogP contribution is 2.28. The number of hydrogen-bond acceptors (Lipinski definition) is 7. The molecule has 0 aliphatic carbocycles. The molecule has 0 aromatic carbocycles. The Bertz CT molecular complexity index is 843. The second-order valence-corrected chi connectivity index (χ2v) is 7.28. The van der Waals surface area contributed by atoms with Gasteiger partial charge in [-0.15, -0.1) is 5.10 Å². The van der Waals surface area contributed by atoms with Crippen LogP contribution in [0.2, 0.25) is 0 Å². The van der Waals surface area contributed by atoms with Gasteiger partial charge in [0.05, 0.1) is 32.6 Å². The minimum Gasteiger partial charge on any atom is -0.491 e. The Labute approximate surface area is 165 Å². The van der Waals surface area contributed by atoms with Crippen molar-refractivity contribution in [3.8, 4) is 29.0 Å². The lowest BCUT2D eigenvalue weighted by molar-refractivity contribution is -0.227. The van der Waals surface area contributed by atoms with Gasteiger partial charge < -0.3 is 18.9 Å². The van der Waals surface area contributed by atoms with Gasteiger partial charge in [-0.3, -0.25) is 0 Å². The summed E-state index contributed by atoms with van der Waals surface area (Å²) in [5.74, 6) is 6.52. The van der Waals surface area contributed by atoms with E-state index in [1.54, 1.807) is 18.0 Å². The minimum atomic E-state index is -0.333. The van der Waals surface area contributed by atoms with E-state index in [4.69, 9.17) is 18.9 Å². The molecule has 0 unspecified atom stereocenters. The summed E-state index contributed by atoms with van der Waals surface area (Å²) >= 11 is 0. The Morgan fingerprint density at radius 1 is 1.32 bits per heavy atom. The van der Waals surface area contributed by atoms with Crippen molar-refractivity contribution in [1.82, 2.24) is 20.0 Å².